The maximum Gasteiger partial charge on any atom is 0.287 e. The first-order valence-electron chi connectivity index (χ1n) is 3.44. The Labute approximate surface area is 69.6 Å². The lowest BCUT2D eigenvalue weighted by Gasteiger charge is -2.01. The summed E-state index contributed by atoms with van der Waals surface area (Å²) in [7, 11) is 1.72. The molecule has 0 saturated carbocycles. The molecule has 1 heterocycles. The van der Waals surface area contributed by atoms with Crippen LogP contribution in [0.3, 0.4) is 0 Å². The van der Waals surface area contributed by atoms with E-state index in [1.807, 2.05) is 0 Å². The number of anilines is 1. The molecule has 0 aromatic carbocycles. The second-order valence-electron chi connectivity index (χ2n) is 2.37. The molecule has 64 valence electrons. The van der Waals surface area contributed by atoms with Gasteiger partial charge in [0.2, 0.25) is 0 Å². The highest BCUT2D eigenvalue weighted by Gasteiger charge is 2.07. The largest absolute Gasteiger partial charge is 0.373 e. The summed E-state index contributed by atoms with van der Waals surface area (Å²) in [6, 6.07) is 1.48. The molecule has 5 nitrogen and oxygen atoms in total. The molecule has 0 amide bonds. The first kappa shape index (κ1) is 8.45. The van der Waals surface area contributed by atoms with Crippen LogP contribution in [0.5, 0.6) is 0 Å². The van der Waals surface area contributed by atoms with Crippen LogP contribution in [0.25, 0.3) is 0 Å². The van der Waals surface area contributed by atoms with Crippen LogP contribution >= 0.6 is 0 Å². The zero-order valence-corrected chi connectivity index (χ0v) is 6.87. The van der Waals surface area contributed by atoms with Gasteiger partial charge in [-0.05, 0) is 12.5 Å². The molecule has 0 atom stereocenters. The molecule has 1 rings (SSSR count). The van der Waals surface area contributed by atoms with Crippen molar-refractivity contribution in [1.29, 1.82) is 0 Å². The number of nitrogens with one attached hydrogen (secondary N) is 1. The Hall–Kier alpha value is -1.65. The molecule has 12 heavy (non-hydrogen) atoms. The highest BCUT2D eigenvalue weighted by atomic mass is 16.6. The third-order valence-corrected chi connectivity index (χ3v) is 1.51. The molecule has 0 fully saturated rings. The number of rotatable bonds is 2. The molecule has 0 bridgehead atoms. The molecule has 1 N–H and O–H groups in total. The normalized spacial score (nSPS) is 9.50. The summed E-state index contributed by atoms with van der Waals surface area (Å²) in [5, 5.41) is 13.1. The van der Waals surface area contributed by atoms with Crippen molar-refractivity contribution < 1.29 is 4.92 Å². The molecular formula is C7H9N3O2. The Balaban J connectivity index is 3.10. The lowest BCUT2D eigenvalue weighted by Crippen LogP contribution is -1.97. The van der Waals surface area contributed by atoms with Gasteiger partial charge < -0.3 is 5.32 Å². The summed E-state index contributed by atoms with van der Waals surface area (Å²) in [5.74, 6) is 0.667. The Bertz CT molecular complexity index is 312. The van der Waals surface area contributed by atoms with E-state index in [9.17, 15) is 10.1 Å². The predicted octanol–water partition coefficient (Wildman–Crippen LogP) is 1.34. The third kappa shape index (κ3) is 1.50. The fraction of sp³-hybridized carbons (Fsp3) is 0.286. The van der Waals surface area contributed by atoms with Gasteiger partial charge in [-0.25, -0.2) is 4.98 Å². The third-order valence-electron chi connectivity index (χ3n) is 1.51. The van der Waals surface area contributed by atoms with Crippen molar-refractivity contribution in [3.8, 4) is 0 Å². The number of aromatic nitrogens is 1. The molecular weight excluding hydrogens is 158 g/mol. The number of nitro groups is 1. The topological polar surface area (TPSA) is 68.1 Å². The molecule has 0 aliphatic rings. The zero-order valence-electron chi connectivity index (χ0n) is 6.87. The van der Waals surface area contributed by atoms with E-state index in [0.717, 1.165) is 5.56 Å². The number of nitrogens with zero attached hydrogens (tertiary/aromatic N) is 2. The van der Waals surface area contributed by atoms with Crippen molar-refractivity contribution in [2.24, 2.45) is 0 Å². The Morgan fingerprint density at radius 3 is 2.75 bits per heavy atom. The van der Waals surface area contributed by atoms with Gasteiger partial charge in [0.25, 0.3) is 5.69 Å². The van der Waals surface area contributed by atoms with Gasteiger partial charge in [-0.1, -0.05) is 0 Å². The smallest absolute Gasteiger partial charge is 0.287 e. The van der Waals surface area contributed by atoms with E-state index in [1.165, 1.54) is 12.3 Å². The van der Waals surface area contributed by atoms with Crippen molar-refractivity contribution in [3.63, 3.8) is 0 Å². The zero-order chi connectivity index (χ0) is 9.14. The van der Waals surface area contributed by atoms with E-state index < -0.39 is 4.92 Å². The fourth-order valence-electron chi connectivity index (χ4n) is 0.922. The van der Waals surface area contributed by atoms with E-state index >= 15 is 0 Å². The van der Waals surface area contributed by atoms with Gasteiger partial charge >= 0.3 is 0 Å². The summed E-state index contributed by atoms with van der Waals surface area (Å²) in [5.41, 5.74) is 0.790. The van der Waals surface area contributed by atoms with Crippen LogP contribution in [0.1, 0.15) is 5.56 Å². The van der Waals surface area contributed by atoms with Crippen LogP contribution in [0, 0.1) is 17.0 Å². The molecule has 0 saturated heterocycles. The number of aryl methyl sites for hydroxylation is 1. The average Bonchev–Trinajstić information content (AvgIpc) is 2.04. The van der Waals surface area contributed by atoms with Gasteiger partial charge in [0.1, 0.15) is 12.0 Å². The van der Waals surface area contributed by atoms with Gasteiger partial charge in [-0.3, -0.25) is 10.1 Å². The van der Waals surface area contributed by atoms with Crippen LogP contribution in [0.4, 0.5) is 11.5 Å². The van der Waals surface area contributed by atoms with Gasteiger partial charge in [0.15, 0.2) is 0 Å². The Morgan fingerprint density at radius 2 is 2.33 bits per heavy atom. The molecule has 1 aromatic heterocycles. The van der Waals surface area contributed by atoms with Crippen LogP contribution in [-0.4, -0.2) is 17.0 Å². The first-order valence-corrected chi connectivity index (χ1v) is 3.44. The van der Waals surface area contributed by atoms with Crippen LogP contribution < -0.4 is 5.32 Å². The van der Waals surface area contributed by atoms with Crippen molar-refractivity contribution in [2.75, 3.05) is 12.4 Å². The van der Waals surface area contributed by atoms with Gasteiger partial charge in [0.05, 0.1) is 4.92 Å². The molecule has 0 radical (unpaired) electrons. The summed E-state index contributed by atoms with van der Waals surface area (Å²) in [6.45, 7) is 1.77. The predicted molar refractivity (Wildman–Crippen MR) is 45.2 cm³/mol. The van der Waals surface area contributed by atoms with Gasteiger partial charge in [-0.2, -0.15) is 0 Å². The summed E-state index contributed by atoms with van der Waals surface area (Å²) < 4.78 is 0. The van der Waals surface area contributed by atoms with E-state index in [-0.39, 0.29) is 5.69 Å². The lowest BCUT2D eigenvalue weighted by molar-refractivity contribution is -0.385. The van der Waals surface area contributed by atoms with E-state index in [1.54, 1.807) is 14.0 Å². The lowest BCUT2D eigenvalue weighted by atomic mass is 10.2. The minimum absolute atomic E-state index is 0.0199. The SMILES string of the molecule is CNc1ncc([N+](=O)[O-])cc1C. The van der Waals surface area contributed by atoms with E-state index in [0.29, 0.717) is 5.82 Å². The second kappa shape index (κ2) is 3.17. The van der Waals surface area contributed by atoms with Crippen molar-refractivity contribution in [1.82, 2.24) is 4.98 Å². The molecule has 0 aliphatic heterocycles. The summed E-state index contributed by atoms with van der Waals surface area (Å²) in [6.07, 6.45) is 1.23. The van der Waals surface area contributed by atoms with E-state index in [2.05, 4.69) is 10.3 Å². The van der Waals surface area contributed by atoms with Crippen molar-refractivity contribution >= 4 is 11.5 Å². The van der Waals surface area contributed by atoms with Crippen LogP contribution in [0.2, 0.25) is 0 Å². The summed E-state index contributed by atoms with van der Waals surface area (Å²) >= 11 is 0. The minimum atomic E-state index is -0.459. The highest BCUT2D eigenvalue weighted by Crippen LogP contribution is 2.16. The fourth-order valence-corrected chi connectivity index (χ4v) is 0.922. The molecule has 1 aromatic rings. The van der Waals surface area contributed by atoms with Gasteiger partial charge in [-0.15, -0.1) is 0 Å². The number of hydrogen-bond acceptors (Lipinski definition) is 4. The summed E-state index contributed by atoms with van der Waals surface area (Å²) in [4.78, 5) is 13.7. The molecule has 0 aliphatic carbocycles. The van der Waals surface area contributed by atoms with Crippen LogP contribution in [0.15, 0.2) is 12.3 Å². The molecule has 0 spiro atoms. The van der Waals surface area contributed by atoms with Crippen molar-refractivity contribution in [3.05, 3.63) is 27.9 Å². The maximum absolute atomic E-state index is 10.3. The monoisotopic (exact) mass is 167 g/mol. The maximum atomic E-state index is 10.3. The number of pyridine rings is 1. The minimum Gasteiger partial charge on any atom is -0.373 e. The van der Waals surface area contributed by atoms with E-state index in [4.69, 9.17) is 0 Å². The molecule has 5 heteroatoms. The number of hydrogen-bond donors (Lipinski definition) is 1. The second-order valence-corrected chi connectivity index (χ2v) is 2.37. The van der Waals surface area contributed by atoms with Gasteiger partial charge in [0, 0.05) is 13.1 Å². The highest BCUT2D eigenvalue weighted by molar-refractivity contribution is 5.47. The standard InChI is InChI=1S/C7H9N3O2/c1-5-3-6(10(11)12)4-9-7(5)8-2/h3-4H,1-2H3,(H,8,9). The first-order chi connectivity index (χ1) is 5.65. The Morgan fingerprint density at radius 1 is 1.67 bits per heavy atom. The quantitative estimate of drug-likeness (QED) is 0.533. The average molecular weight is 167 g/mol. The van der Waals surface area contributed by atoms with Crippen LogP contribution in [-0.2, 0) is 0 Å². The molecule has 0 unspecified atom stereocenters. The Kier molecular flexibility index (Phi) is 2.23. The van der Waals surface area contributed by atoms with Crippen molar-refractivity contribution in [2.45, 2.75) is 6.92 Å².